The molecule has 8 rings (SSSR count). The lowest BCUT2D eigenvalue weighted by molar-refractivity contribution is -0.134. The lowest BCUT2D eigenvalue weighted by Gasteiger charge is -2.34. The fraction of sp³-hybridized carbons (Fsp3) is 0.349. The molecule has 3 aliphatic heterocycles. The van der Waals surface area contributed by atoms with Crippen molar-refractivity contribution in [2.45, 2.75) is 56.9 Å². The van der Waals surface area contributed by atoms with E-state index in [-0.39, 0.29) is 48.0 Å². The Balaban J connectivity index is 1.01. The Labute approximate surface area is 334 Å². The van der Waals surface area contributed by atoms with Crippen LogP contribution in [-0.4, -0.2) is 93.7 Å². The fourth-order valence-electron chi connectivity index (χ4n) is 8.36. The smallest absolute Gasteiger partial charge is 0.269 e. The second-order valence-corrected chi connectivity index (χ2v) is 15.7. The van der Waals surface area contributed by atoms with Crippen molar-refractivity contribution in [2.75, 3.05) is 45.2 Å². The van der Waals surface area contributed by atoms with Crippen molar-refractivity contribution in [2.24, 2.45) is 0 Å². The van der Waals surface area contributed by atoms with Crippen LogP contribution in [0.2, 0.25) is 5.02 Å². The normalized spacial score (nSPS) is 17.8. The molecule has 0 bridgehead atoms. The zero-order valence-corrected chi connectivity index (χ0v) is 32.7. The minimum Gasteiger partial charge on any atom is -0.370 e. The molecule has 0 spiro atoms. The Bertz CT molecular complexity index is 2380. The van der Waals surface area contributed by atoms with Crippen molar-refractivity contribution in [3.8, 4) is 11.1 Å². The number of aromatic nitrogens is 4. The van der Waals surface area contributed by atoms with Gasteiger partial charge in [0.15, 0.2) is 5.82 Å². The molecule has 0 saturated carbocycles. The Morgan fingerprint density at radius 3 is 2.44 bits per heavy atom. The van der Waals surface area contributed by atoms with E-state index in [2.05, 4.69) is 49.8 Å². The highest BCUT2D eigenvalue weighted by Gasteiger charge is 2.30. The van der Waals surface area contributed by atoms with Crippen LogP contribution in [0, 0.1) is 5.82 Å². The van der Waals surface area contributed by atoms with Crippen LogP contribution in [0.25, 0.3) is 27.6 Å². The number of fused-ring (bicyclic) bond motifs is 1. The SMILES string of the molecule is CN(C)C(=O)c1cc2c(-c3ccc(C4CCN(c5ccc(C6CCC(=O)NC6=O)cc5Cl)CC4)cc3)cc(C3=CCCN(C(=O)CCn4ccnn4)C3)c(F)c2[nH]1. The minimum atomic E-state index is -0.455. The highest BCUT2D eigenvalue weighted by Crippen LogP contribution is 2.40. The molecule has 3 aliphatic rings. The van der Waals surface area contributed by atoms with Crippen LogP contribution in [0.15, 0.2) is 73.1 Å². The van der Waals surface area contributed by atoms with Crippen LogP contribution < -0.4 is 10.2 Å². The molecule has 5 heterocycles. The standard InChI is InChI=1S/C43H44ClFN8O4/c1-50(2)43(57)36-24-34-32(23-33(40(45)41(34)47-36)30-4-3-17-52(25-30)39(55)15-20-53-21-16-46-49-53)28-7-5-26(6-8-28)27-13-18-51(19-14-27)37-11-9-29(22-35(37)44)31-10-12-38(54)48-42(31)56/h4-9,11,16,21-24,27,31,47H,3,10,12-15,17-20,25H2,1-2H3,(H,48,54,56). The van der Waals surface area contributed by atoms with Gasteiger partial charge in [-0.15, -0.1) is 5.10 Å². The van der Waals surface area contributed by atoms with Crippen molar-refractivity contribution in [1.29, 1.82) is 0 Å². The molecule has 4 amide bonds. The molecular weight excluding hydrogens is 747 g/mol. The number of nitrogens with zero attached hydrogens (tertiary/aromatic N) is 6. The number of hydrogen-bond acceptors (Lipinski definition) is 7. The summed E-state index contributed by atoms with van der Waals surface area (Å²) in [5, 5.41) is 11.4. The third-order valence-electron chi connectivity index (χ3n) is 11.5. The summed E-state index contributed by atoms with van der Waals surface area (Å²) in [6, 6.07) is 17.8. The predicted molar refractivity (Wildman–Crippen MR) is 216 cm³/mol. The van der Waals surface area contributed by atoms with E-state index >= 15 is 4.39 Å². The number of carbonyl (C=O) groups is 4. The van der Waals surface area contributed by atoms with E-state index in [1.165, 1.54) is 10.5 Å². The molecule has 12 nitrogen and oxygen atoms in total. The van der Waals surface area contributed by atoms with Gasteiger partial charge in [-0.25, -0.2) is 4.39 Å². The molecule has 2 aromatic heterocycles. The van der Waals surface area contributed by atoms with Gasteiger partial charge in [-0.1, -0.05) is 53.2 Å². The van der Waals surface area contributed by atoms with Crippen molar-refractivity contribution in [3.63, 3.8) is 0 Å². The van der Waals surface area contributed by atoms with Crippen molar-refractivity contribution in [1.82, 2.24) is 35.1 Å². The van der Waals surface area contributed by atoms with Crippen LogP contribution in [0.3, 0.4) is 0 Å². The number of anilines is 1. The number of amides is 4. The number of H-pyrrole nitrogens is 1. The average molecular weight is 791 g/mol. The summed E-state index contributed by atoms with van der Waals surface area (Å²) in [7, 11) is 3.32. The van der Waals surface area contributed by atoms with E-state index in [0.717, 1.165) is 53.9 Å². The van der Waals surface area contributed by atoms with Gasteiger partial charge in [0.1, 0.15) is 5.69 Å². The number of aromatic amines is 1. The van der Waals surface area contributed by atoms with E-state index in [9.17, 15) is 19.2 Å². The molecule has 14 heteroatoms. The van der Waals surface area contributed by atoms with Crippen molar-refractivity contribution in [3.05, 3.63) is 106 Å². The van der Waals surface area contributed by atoms with Crippen LogP contribution >= 0.6 is 11.6 Å². The Kier molecular flexibility index (Phi) is 10.7. The van der Waals surface area contributed by atoms with Crippen LogP contribution in [-0.2, 0) is 20.9 Å². The molecule has 5 aromatic rings. The van der Waals surface area contributed by atoms with Crippen LogP contribution in [0.1, 0.15) is 77.5 Å². The van der Waals surface area contributed by atoms with Crippen molar-refractivity contribution < 1.29 is 23.6 Å². The molecule has 2 fully saturated rings. The topological polar surface area (TPSA) is 137 Å². The summed E-state index contributed by atoms with van der Waals surface area (Å²) in [4.78, 5) is 58.9. The number of carbonyl (C=O) groups excluding carboxylic acids is 4. The lowest BCUT2D eigenvalue weighted by atomic mass is 9.87. The van der Waals surface area contributed by atoms with Gasteiger partial charge < -0.3 is 19.7 Å². The molecule has 2 saturated heterocycles. The van der Waals surface area contributed by atoms with E-state index in [1.807, 2.05) is 30.3 Å². The number of halogens is 2. The summed E-state index contributed by atoms with van der Waals surface area (Å²) in [5.74, 6) is -1.32. The molecule has 3 aromatic carbocycles. The van der Waals surface area contributed by atoms with E-state index < -0.39 is 5.82 Å². The number of aryl methyl sites for hydroxylation is 1. The van der Waals surface area contributed by atoms with Gasteiger partial charge in [0.2, 0.25) is 17.7 Å². The van der Waals surface area contributed by atoms with E-state index in [1.54, 1.807) is 42.1 Å². The molecule has 0 radical (unpaired) electrons. The van der Waals surface area contributed by atoms with E-state index in [0.29, 0.717) is 59.9 Å². The summed E-state index contributed by atoms with van der Waals surface area (Å²) in [6.45, 7) is 2.86. The molecule has 57 heavy (non-hydrogen) atoms. The lowest BCUT2D eigenvalue weighted by Crippen LogP contribution is -2.39. The highest BCUT2D eigenvalue weighted by molar-refractivity contribution is 6.33. The van der Waals surface area contributed by atoms with Crippen molar-refractivity contribution >= 4 is 57.4 Å². The van der Waals surface area contributed by atoms with Crippen LogP contribution in [0.4, 0.5) is 10.1 Å². The number of nitrogens with one attached hydrogen (secondary N) is 2. The highest BCUT2D eigenvalue weighted by atomic mass is 35.5. The molecular formula is C43H44ClFN8O4. The molecule has 294 valence electrons. The zero-order chi connectivity index (χ0) is 39.8. The average Bonchev–Trinajstić information content (AvgIpc) is 3.92. The summed E-state index contributed by atoms with van der Waals surface area (Å²) in [5.41, 5.74) is 6.32. The summed E-state index contributed by atoms with van der Waals surface area (Å²) < 4.78 is 18.2. The van der Waals surface area contributed by atoms with Gasteiger partial charge in [0.25, 0.3) is 5.91 Å². The van der Waals surface area contributed by atoms with Gasteiger partial charge in [0, 0.05) is 70.3 Å². The predicted octanol–water partition coefficient (Wildman–Crippen LogP) is 6.53. The van der Waals surface area contributed by atoms with Gasteiger partial charge in [0.05, 0.1) is 34.9 Å². The Hall–Kier alpha value is -5.82. The number of hydrogen-bond donors (Lipinski definition) is 2. The monoisotopic (exact) mass is 790 g/mol. The largest absolute Gasteiger partial charge is 0.370 e. The molecule has 2 N–H and O–H groups in total. The first-order valence-corrected chi connectivity index (χ1v) is 19.8. The Morgan fingerprint density at radius 2 is 1.74 bits per heavy atom. The van der Waals surface area contributed by atoms with Gasteiger partial charge in [-0.2, -0.15) is 0 Å². The van der Waals surface area contributed by atoms with E-state index in [4.69, 9.17) is 11.6 Å². The number of benzene rings is 3. The molecule has 1 atom stereocenters. The first-order chi connectivity index (χ1) is 27.5. The van der Waals surface area contributed by atoms with Crippen LogP contribution in [0.5, 0.6) is 0 Å². The Morgan fingerprint density at radius 1 is 0.965 bits per heavy atom. The summed E-state index contributed by atoms with van der Waals surface area (Å²) >= 11 is 6.77. The maximum Gasteiger partial charge on any atom is 0.269 e. The second kappa shape index (κ2) is 16.0. The number of rotatable bonds is 9. The van der Waals surface area contributed by atoms with Gasteiger partial charge >= 0.3 is 0 Å². The summed E-state index contributed by atoms with van der Waals surface area (Å²) in [6.07, 6.45) is 8.79. The fourth-order valence-corrected chi connectivity index (χ4v) is 8.67. The quantitative estimate of drug-likeness (QED) is 0.162. The van der Waals surface area contributed by atoms with Gasteiger partial charge in [-0.3, -0.25) is 29.2 Å². The maximum atomic E-state index is 16.6. The molecule has 0 aliphatic carbocycles. The molecule has 1 unspecified atom stereocenters. The zero-order valence-electron chi connectivity index (χ0n) is 31.9. The first kappa shape index (κ1) is 38.1. The minimum absolute atomic E-state index is 0.0382. The first-order valence-electron chi connectivity index (χ1n) is 19.4. The number of imide groups is 1. The third-order valence-corrected chi connectivity index (χ3v) is 11.8. The maximum absolute atomic E-state index is 16.6. The number of piperidine rings is 2. The van der Waals surface area contributed by atoms with Gasteiger partial charge in [-0.05, 0) is 83.7 Å². The second-order valence-electron chi connectivity index (χ2n) is 15.3. The third kappa shape index (κ3) is 7.80.